The van der Waals surface area contributed by atoms with Crippen molar-refractivity contribution in [3.05, 3.63) is 11.1 Å². The molecule has 18 heavy (non-hydrogen) atoms. The van der Waals surface area contributed by atoms with Gasteiger partial charge in [0.1, 0.15) is 0 Å². The van der Waals surface area contributed by atoms with E-state index in [-0.39, 0.29) is 23.6 Å². The van der Waals surface area contributed by atoms with E-state index in [4.69, 9.17) is 5.11 Å². The molecule has 2 N–H and O–H groups in total. The van der Waals surface area contributed by atoms with Crippen molar-refractivity contribution in [3.63, 3.8) is 0 Å². The van der Waals surface area contributed by atoms with Crippen LogP contribution in [0.5, 0.6) is 0 Å². The molecule has 0 heterocycles. The highest BCUT2D eigenvalue weighted by Gasteiger charge is 2.33. The van der Waals surface area contributed by atoms with Gasteiger partial charge < -0.3 is 15.1 Å². The molecule has 1 amide bonds. The first-order valence-corrected chi connectivity index (χ1v) is 6.15. The van der Waals surface area contributed by atoms with E-state index in [1.165, 1.54) is 18.7 Å². The Hall–Kier alpha value is -1.36. The van der Waals surface area contributed by atoms with E-state index in [9.17, 15) is 14.7 Å². The quantitative estimate of drug-likeness (QED) is 0.739. The first-order valence-electron chi connectivity index (χ1n) is 6.15. The molecule has 5 heteroatoms. The van der Waals surface area contributed by atoms with Crippen LogP contribution in [0.25, 0.3) is 0 Å². The lowest BCUT2D eigenvalue weighted by Crippen LogP contribution is -2.42. The van der Waals surface area contributed by atoms with Gasteiger partial charge in [0.15, 0.2) is 0 Å². The number of hydrogen-bond donors (Lipinski definition) is 2. The maximum Gasteiger partial charge on any atom is 0.331 e. The zero-order chi connectivity index (χ0) is 13.9. The lowest BCUT2D eigenvalue weighted by Gasteiger charge is -2.29. The molecule has 0 spiro atoms. The largest absolute Gasteiger partial charge is 0.478 e. The number of carbonyl (C=O) groups is 2. The minimum absolute atomic E-state index is 0.0465. The van der Waals surface area contributed by atoms with Gasteiger partial charge in [-0.2, -0.15) is 0 Å². The number of aliphatic carboxylic acids is 1. The lowest BCUT2D eigenvalue weighted by molar-refractivity contribution is -0.134. The summed E-state index contributed by atoms with van der Waals surface area (Å²) >= 11 is 0. The van der Waals surface area contributed by atoms with Gasteiger partial charge >= 0.3 is 5.97 Å². The van der Waals surface area contributed by atoms with Crippen LogP contribution in [0.2, 0.25) is 0 Å². The van der Waals surface area contributed by atoms with Gasteiger partial charge in [-0.25, -0.2) is 4.79 Å². The average Bonchev–Trinajstić information content (AvgIpc) is 2.72. The van der Waals surface area contributed by atoms with E-state index in [2.05, 4.69) is 0 Å². The number of likely N-dealkylation sites (N-methyl/N-ethyl adjacent to an activating group) is 1. The highest BCUT2D eigenvalue weighted by molar-refractivity contribution is 6.01. The molecule has 0 radical (unpaired) electrons. The van der Waals surface area contributed by atoms with Crippen LogP contribution in [0, 0.1) is 0 Å². The van der Waals surface area contributed by atoms with Crippen LogP contribution >= 0.6 is 0 Å². The fourth-order valence-electron chi connectivity index (χ4n) is 2.31. The van der Waals surface area contributed by atoms with Crippen molar-refractivity contribution in [1.82, 2.24) is 4.90 Å². The predicted octanol–water partition coefficient (Wildman–Crippen LogP) is 1.17. The number of carboxylic acid groups (broad SMARTS) is 1. The van der Waals surface area contributed by atoms with Gasteiger partial charge in [-0.3, -0.25) is 4.79 Å². The normalized spacial score (nSPS) is 19.3. The average molecular weight is 255 g/mol. The molecule has 1 fully saturated rings. The molecule has 5 nitrogen and oxygen atoms in total. The molecule has 0 atom stereocenters. The zero-order valence-corrected chi connectivity index (χ0v) is 11.2. The van der Waals surface area contributed by atoms with Crippen LogP contribution in [-0.4, -0.2) is 46.2 Å². The van der Waals surface area contributed by atoms with E-state index in [1.807, 2.05) is 0 Å². The summed E-state index contributed by atoms with van der Waals surface area (Å²) < 4.78 is 0. The minimum Gasteiger partial charge on any atom is -0.478 e. The van der Waals surface area contributed by atoms with Gasteiger partial charge in [-0.05, 0) is 26.7 Å². The fourth-order valence-corrected chi connectivity index (χ4v) is 2.31. The third-order valence-electron chi connectivity index (χ3n) is 3.62. The Labute approximate surface area is 107 Å². The smallest absolute Gasteiger partial charge is 0.331 e. The summed E-state index contributed by atoms with van der Waals surface area (Å²) in [5, 5.41) is 19.1. The molecule has 1 aliphatic carbocycles. The highest BCUT2D eigenvalue weighted by atomic mass is 16.4. The van der Waals surface area contributed by atoms with Gasteiger partial charge in [0.05, 0.1) is 5.60 Å². The Kier molecular flexibility index (Phi) is 4.51. The Morgan fingerprint density at radius 3 is 2.11 bits per heavy atom. The van der Waals surface area contributed by atoms with Crippen molar-refractivity contribution in [1.29, 1.82) is 0 Å². The second-order valence-corrected chi connectivity index (χ2v) is 5.15. The van der Waals surface area contributed by atoms with Gasteiger partial charge in [0.2, 0.25) is 5.91 Å². The number of carboxylic acids is 1. The van der Waals surface area contributed by atoms with Gasteiger partial charge in [-0.1, -0.05) is 12.8 Å². The number of hydrogen-bond acceptors (Lipinski definition) is 3. The summed E-state index contributed by atoms with van der Waals surface area (Å²) in [7, 11) is 1.59. The molecule has 0 aromatic rings. The molecule has 0 unspecified atom stereocenters. The van der Waals surface area contributed by atoms with Crippen LogP contribution in [0.3, 0.4) is 0 Å². The Morgan fingerprint density at radius 1 is 1.17 bits per heavy atom. The fraction of sp³-hybridized carbons (Fsp3) is 0.692. The number of carbonyl (C=O) groups excluding carboxylic acids is 1. The van der Waals surface area contributed by atoms with E-state index in [0.29, 0.717) is 12.8 Å². The zero-order valence-electron chi connectivity index (χ0n) is 11.2. The van der Waals surface area contributed by atoms with Crippen LogP contribution < -0.4 is 0 Å². The molecule has 0 aromatic carbocycles. The molecular formula is C13H21NO4. The second-order valence-electron chi connectivity index (χ2n) is 5.15. The maximum atomic E-state index is 12.0. The SMILES string of the molecule is CC(C(=O)O)=C(C)C(=O)N(C)CC1(O)CCCC1. The molecule has 0 saturated heterocycles. The second kappa shape index (κ2) is 5.52. The third-order valence-corrected chi connectivity index (χ3v) is 3.62. The van der Waals surface area contributed by atoms with Crippen LogP contribution in [0.4, 0.5) is 0 Å². The van der Waals surface area contributed by atoms with Crippen molar-refractivity contribution in [2.45, 2.75) is 45.1 Å². The Morgan fingerprint density at radius 2 is 1.67 bits per heavy atom. The first kappa shape index (κ1) is 14.7. The topological polar surface area (TPSA) is 77.8 Å². The van der Waals surface area contributed by atoms with Gasteiger partial charge in [0.25, 0.3) is 0 Å². The summed E-state index contributed by atoms with van der Waals surface area (Å²) in [5.74, 6) is -1.43. The maximum absolute atomic E-state index is 12.0. The third kappa shape index (κ3) is 3.32. The molecule has 102 valence electrons. The van der Waals surface area contributed by atoms with Gasteiger partial charge in [-0.15, -0.1) is 0 Å². The minimum atomic E-state index is -1.09. The van der Waals surface area contributed by atoms with Crippen molar-refractivity contribution in [2.24, 2.45) is 0 Å². The van der Waals surface area contributed by atoms with E-state index < -0.39 is 11.6 Å². The van der Waals surface area contributed by atoms with Crippen LogP contribution in [0.1, 0.15) is 39.5 Å². The van der Waals surface area contributed by atoms with Crippen molar-refractivity contribution in [3.8, 4) is 0 Å². The monoisotopic (exact) mass is 255 g/mol. The van der Waals surface area contributed by atoms with E-state index in [0.717, 1.165) is 12.8 Å². The first-order chi connectivity index (χ1) is 8.27. The van der Waals surface area contributed by atoms with Gasteiger partial charge in [0, 0.05) is 24.7 Å². The molecule has 0 aliphatic heterocycles. The number of amides is 1. The number of nitrogens with zero attached hydrogens (tertiary/aromatic N) is 1. The van der Waals surface area contributed by atoms with Crippen molar-refractivity contribution >= 4 is 11.9 Å². The Balaban J connectivity index is 2.72. The Bertz CT molecular complexity index is 380. The highest BCUT2D eigenvalue weighted by Crippen LogP contribution is 2.30. The summed E-state index contributed by atoms with van der Waals surface area (Å²) in [6, 6.07) is 0. The number of rotatable bonds is 4. The lowest BCUT2D eigenvalue weighted by atomic mass is 10.0. The van der Waals surface area contributed by atoms with E-state index >= 15 is 0 Å². The summed E-state index contributed by atoms with van der Waals surface area (Å²) in [4.78, 5) is 24.2. The summed E-state index contributed by atoms with van der Waals surface area (Å²) in [6.45, 7) is 3.17. The van der Waals surface area contributed by atoms with Crippen LogP contribution in [-0.2, 0) is 9.59 Å². The molecule has 0 bridgehead atoms. The molecule has 0 aromatic heterocycles. The summed E-state index contributed by atoms with van der Waals surface area (Å²) in [5.41, 5.74) is -0.543. The molecular weight excluding hydrogens is 234 g/mol. The van der Waals surface area contributed by atoms with Crippen molar-refractivity contribution < 1.29 is 19.8 Å². The molecule has 1 aliphatic rings. The molecule has 1 saturated carbocycles. The predicted molar refractivity (Wildman–Crippen MR) is 67.1 cm³/mol. The summed E-state index contributed by atoms with van der Waals surface area (Å²) in [6.07, 6.45) is 3.35. The molecule has 1 rings (SSSR count). The number of aliphatic hydroxyl groups is 1. The standard InChI is InChI=1S/C13H21NO4/c1-9(10(2)12(16)17)11(15)14(3)8-13(18)6-4-5-7-13/h18H,4-8H2,1-3H3,(H,16,17). The van der Waals surface area contributed by atoms with Crippen LogP contribution in [0.15, 0.2) is 11.1 Å². The van der Waals surface area contributed by atoms with E-state index in [1.54, 1.807) is 7.05 Å². The van der Waals surface area contributed by atoms with Crippen molar-refractivity contribution in [2.75, 3.05) is 13.6 Å².